The van der Waals surface area contributed by atoms with Crippen LogP contribution >= 0.6 is 0 Å². The van der Waals surface area contributed by atoms with Crippen LogP contribution < -0.4 is 4.74 Å². The van der Waals surface area contributed by atoms with Gasteiger partial charge in [-0.3, -0.25) is 0 Å². The molecular formula is C25H30O2Si. The molecule has 2 rings (SSSR count). The van der Waals surface area contributed by atoms with Crippen LogP contribution in [0.4, 0.5) is 0 Å². The number of hydrogen-bond donors (Lipinski definition) is 0. The van der Waals surface area contributed by atoms with Crippen LogP contribution in [0.15, 0.2) is 54.6 Å². The molecule has 0 aliphatic heterocycles. The fraction of sp³-hybridized carbons (Fsp3) is 0.360. The van der Waals surface area contributed by atoms with Crippen molar-refractivity contribution in [1.82, 2.24) is 0 Å². The van der Waals surface area contributed by atoms with Crippen molar-refractivity contribution < 1.29 is 9.16 Å². The van der Waals surface area contributed by atoms with E-state index in [4.69, 9.17) is 15.6 Å². The summed E-state index contributed by atoms with van der Waals surface area (Å²) in [5.41, 5.74) is 5.20. The number of terminal acetylenes is 1. The van der Waals surface area contributed by atoms with Crippen molar-refractivity contribution in [2.24, 2.45) is 0 Å². The topological polar surface area (TPSA) is 18.5 Å². The van der Waals surface area contributed by atoms with Crippen molar-refractivity contribution in [2.45, 2.75) is 58.2 Å². The largest absolute Gasteiger partial charge is 0.457 e. The minimum atomic E-state index is -2.35. The molecule has 3 heteroatoms. The number of para-hydroxylation sites is 1. The van der Waals surface area contributed by atoms with Crippen LogP contribution in [-0.4, -0.2) is 14.4 Å². The maximum Gasteiger partial charge on any atom is 0.278 e. The Morgan fingerprint density at radius 2 is 1.46 bits per heavy atom. The molecule has 0 heterocycles. The monoisotopic (exact) mass is 390 g/mol. The summed E-state index contributed by atoms with van der Waals surface area (Å²) in [6, 6.07) is 17.6. The fourth-order valence-corrected chi connectivity index (χ4v) is 6.69. The summed E-state index contributed by atoms with van der Waals surface area (Å²) < 4.78 is 12.3. The van der Waals surface area contributed by atoms with Crippen molar-refractivity contribution >= 4 is 8.32 Å². The first-order valence-electron chi connectivity index (χ1n) is 9.91. The summed E-state index contributed by atoms with van der Waals surface area (Å²) in [6.45, 7) is 10.8. The maximum absolute atomic E-state index is 6.49. The van der Waals surface area contributed by atoms with Crippen molar-refractivity contribution in [2.75, 3.05) is 0 Å². The first-order valence-corrected chi connectivity index (χ1v) is 12.0. The van der Waals surface area contributed by atoms with Crippen molar-refractivity contribution in [1.29, 1.82) is 0 Å². The highest BCUT2D eigenvalue weighted by molar-refractivity contribution is 6.84. The van der Waals surface area contributed by atoms with Crippen molar-refractivity contribution in [3.05, 3.63) is 60.2 Å². The summed E-state index contributed by atoms with van der Waals surface area (Å²) in [5.74, 6) is 7.74. The van der Waals surface area contributed by atoms with Crippen LogP contribution in [0.25, 0.3) is 0 Å². The molecule has 0 radical (unpaired) electrons. The first kappa shape index (κ1) is 21.8. The van der Waals surface area contributed by atoms with Gasteiger partial charge >= 0.3 is 0 Å². The number of rotatable bonds is 7. The lowest BCUT2D eigenvalue weighted by Crippen LogP contribution is -2.46. The second kappa shape index (κ2) is 10.2. The third kappa shape index (κ3) is 5.52. The smallest absolute Gasteiger partial charge is 0.278 e. The minimum Gasteiger partial charge on any atom is -0.457 e. The van der Waals surface area contributed by atoms with E-state index in [1.807, 2.05) is 54.6 Å². The molecular weight excluding hydrogens is 360 g/mol. The predicted molar refractivity (Wildman–Crippen MR) is 120 cm³/mol. The van der Waals surface area contributed by atoms with Crippen LogP contribution in [-0.2, 0) is 4.43 Å². The Hall–Kier alpha value is -2.46. The van der Waals surface area contributed by atoms with E-state index in [-0.39, 0.29) is 6.10 Å². The molecule has 0 N–H and O–H groups in total. The molecule has 2 nitrogen and oxygen atoms in total. The zero-order valence-electron chi connectivity index (χ0n) is 17.5. The Kier molecular flexibility index (Phi) is 7.94. The van der Waals surface area contributed by atoms with Crippen LogP contribution in [0.5, 0.6) is 11.5 Å². The molecule has 146 valence electrons. The molecule has 2 aromatic carbocycles. The van der Waals surface area contributed by atoms with E-state index in [2.05, 4.69) is 52.0 Å². The van der Waals surface area contributed by atoms with Gasteiger partial charge in [0, 0.05) is 5.56 Å². The van der Waals surface area contributed by atoms with E-state index in [1.54, 1.807) is 0 Å². The van der Waals surface area contributed by atoms with Gasteiger partial charge in [0.2, 0.25) is 0 Å². The average molecular weight is 391 g/mol. The Balaban J connectivity index is 2.24. The van der Waals surface area contributed by atoms with E-state index >= 15 is 0 Å². The molecule has 0 fully saturated rings. The van der Waals surface area contributed by atoms with Crippen molar-refractivity contribution in [3.8, 4) is 35.3 Å². The maximum atomic E-state index is 6.49. The molecule has 0 aliphatic rings. The molecule has 0 spiro atoms. The van der Waals surface area contributed by atoms with E-state index in [1.165, 1.54) is 0 Å². The normalized spacial score (nSPS) is 12.2. The van der Waals surface area contributed by atoms with Gasteiger partial charge in [-0.05, 0) is 53.9 Å². The standard InChI is InChI=1S/C25H30O2Si/c1-7-23(8-2)27-28(20(3)4,21(5)6)19-18-22-14-16-25(17-15-22)26-24-12-10-9-11-13-24/h1,9-17,20-21,23H,8H2,2-6H3/t23-/m0/s1. The average Bonchev–Trinajstić information content (AvgIpc) is 2.70. The Morgan fingerprint density at radius 3 is 1.96 bits per heavy atom. The summed E-state index contributed by atoms with van der Waals surface area (Å²) in [5, 5.41) is 0. The summed E-state index contributed by atoms with van der Waals surface area (Å²) in [7, 11) is -2.35. The van der Waals surface area contributed by atoms with Gasteiger partial charge in [0.25, 0.3) is 8.32 Å². The van der Waals surface area contributed by atoms with Gasteiger partial charge in [-0.15, -0.1) is 6.42 Å². The molecule has 0 bridgehead atoms. The van der Waals surface area contributed by atoms with Gasteiger partial charge in [0.15, 0.2) is 0 Å². The molecule has 2 aromatic rings. The first-order chi connectivity index (χ1) is 13.4. The lowest BCUT2D eigenvalue weighted by Gasteiger charge is -2.35. The van der Waals surface area contributed by atoms with E-state index in [0.29, 0.717) is 11.1 Å². The molecule has 0 aromatic heterocycles. The number of ether oxygens (including phenoxy) is 1. The summed E-state index contributed by atoms with van der Waals surface area (Å²) in [4.78, 5) is 0. The van der Waals surface area contributed by atoms with Gasteiger partial charge in [0.1, 0.15) is 17.6 Å². The number of hydrogen-bond acceptors (Lipinski definition) is 2. The summed E-state index contributed by atoms with van der Waals surface area (Å²) in [6.07, 6.45) is 6.29. The molecule has 0 aliphatic carbocycles. The molecule has 0 saturated heterocycles. The van der Waals surface area contributed by atoms with Gasteiger partial charge in [-0.1, -0.05) is 70.2 Å². The quantitative estimate of drug-likeness (QED) is 0.393. The lowest BCUT2D eigenvalue weighted by atomic mass is 10.2. The minimum absolute atomic E-state index is 0.174. The Morgan fingerprint density at radius 1 is 0.893 bits per heavy atom. The molecule has 28 heavy (non-hydrogen) atoms. The Labute approximate surface area is 171 Å². The van der Waals surface area contributed by atoms with Crippen LogP contribution in [0, 0.1) is 23.8 Å². The highest BCUT2D eigenvalue weighted by Crippen LogP contribution is 2.34. The number of benzene rings is 2. The zero-order chi connectivity index (χ0) is 20.6. The van der Waals surface area contributed by atoms with E-state index in [9.17, 15) is 0 Å². The molecule has 1 atom stereocenters. The van der Waals surface area contributed by atoms with Crippen LogP contribution in [0.1, 0.15) is 46.6 Å². The van der Waals surface area contributed by atoms with Crippen molar-refractivity contribution in [3.63, 3.8) is 0 Å². The lowest BCUT2D eigenvalue weighted by molar-refractivity contribution is 0.235. The molecule has 0 unspecified atom stereocenters. The van der Waals surface area contributed by atoms with Gasteiger partial charge in [-0.2, -0.15) is 0 Å². The third-order valence-electron chi connectivity index (χ3n) is 4.84. The van der Waals surface area contributed by atoms with E-state index < -0.39 is 8.32 Å². The fourth-order valence-electron chi connectivity index (χ4n) is 3.13. The molecule has 0 saturated carbocycles. The molecule has 0 amide bonds. The van der Waals surface area contributed by atoms with Crippen LogP contribution in [0.3, 0.4) is 0 Å². The summed E-state index contributed by atoms with van der Waals surface area (Å²) >= 11 is 0. The highest BCUT2D eigenvalue weighted by atomic mass is 28.4. The van der Waals surface area contributed by atoms with Gasteiger partial charge in [0.05, 0.1) is 0 Å². The van der Waals surface area contributed by atoms with Gasteiger partial charge in [-0.25, -0.2) is 0 Å². The van der Waals surface area contributed by atoms with Crippen LogP contribution in [0.2, 0.25) is 11.1 Å². The SMILES string of the molecule is C#C[C@@H](CC)O[Si](C#Cc1ccc(Oc2ccccc2)cc1)(C(C)C)C(C)C. The zero-order valence-corrected chi connectivity index (χ0v) is 18.5. The predicted octanol–water partition coefficient (Wildman–Crippen LogP) is 6.56. The van der Waals surface area contributed by atoms with E-state index in [0.717, 1.165) is 23.5 Å². The third-order valence-corrected chi connectivity index (χ3v) is 9.47. The second-order valence-electron chi connectivity index (χ2n) is 7.47. The highest BCUT2D eigenvalue weighted by Gasteiger charge is 2.42. The Bertz CT molecular complexity index is 828. The van der Waals surface area contributed by atoms with Gasteiger partial charge < -0.3 is 9.16 Å². The second-order valence-corrected chi connectivity index (χ2v) is 11.9.